The van der Waals surface area contributed by atoms with E-state index in [4.69, 9.17) is 0 Å². The minimum absolute atomic E-state index is 0.0709. The standard InChI is InChI=1S/C19H32NO2.Sn.3H/c1-5-9-12-18(13-10-6-2)15-16-20(17(21)22)19(18,8-4)14-11-7-3;;;;/h5-7,9-16H2,1-3H3,(H,21,22);;;;. The molecule has 0 radical (unpaired) electrons. The van der Waals surface area contributed by atoms with Crippen LogP contribution in [0.2, 0.25) is 0 Å². The molecule has 1 N–H and O–H groups in total. The van der Waals surface area contributed by atoms with E-state index in [-0.39, 0.29) is 27.9 Å². The minimum atomic E-state index is -0.770. The summed E-state index contributed by atoms with van der Waals surface area (Å²) in [5.74, 6) is 3.52. The maximum atomic E-state index is 12.0. The summed E-state index contributed by atoms with van der Waals surface area (Å²) in [4.78, 5) is 13.7. The van der Waals surface area contributed by atoms with Gasteiger partial charge in [-0.05, 0) is 0 Å². The number of unbranched alkanes of at least 4 members (excludes halogenated alkanes) is 3. The van der Waals surface area contributed by atoms with E-state index in [9.17, 15) is 9.90 Å². The molecule has 0 saturated carbocycles. The fourth-order valence-corrected chi connectivity index (χ4v) is 5.57. The molecule has 1 aliphatic heterocycles. The molecule has 3 nitrogen and oxygen atoms in total. The molecule has 1 rings (SSSR count). The van der Waals surface area contributed by atoms with E-state index in [2.05, 4.69) is 30.6 Å². The Morgan fingerprint density at radius 1 is 1.09 bits per heavy atom. The molecule has 0 aromatic heterocycles. The predicted molar refractivity (Wildman–Crippen MR) is 101 cm³/mol. The first-order chi connectivity index (χ1) is 11.0. The van der Waals surface area contributed by atoms with Crippen LogP contribution in [0.15, 0.2) is 0 Å². The summed E-state index contributed by atoms with van der Waals surface area (Å²) in [6, 6.07) is 0. The van der Waals surface area contributed by atoms with Crippen molar-refractivity contribution in [2.24, 2.45) is 5.41 Å². The van der Waals surface area contributed by atoms with Crippen LogP contribution in [0.3, 0.4) is 0 Å². The zero-order valence-electron chi connectivity index (χ0n) is 15.6. The summed E-state index contributed by atoms with van der Waals surface area (Å²) in [5, 5.41) is 9.83. The van der Waals surface area contributed by atoms with Gasteiger partial charge < -0.3 is 0 Å². The van der Waals surface area contributed by atoms with Crippen molar-refractivity contribution in [2.45, 2.75) is 90.5 Å². The third-order valence-corrected chi connectivity index (χ3v) is 6.34. The third kappa shape index (κ3) is 4.38. The first kappa shape index (κ1) is 20.7. The van der Waals surface area contributed by atoms with Crippen molar-refractivity contribution in [3.8, 4) is 9.86 Å². The topological polar surface area (TPSA) is 40.5 Å². The van der Waals surface area contributed by atoms with Crippen molar-refractivity contribution < 1.29 is 9.90 Å². The number of nitrogens with zero attached hydrogens (tertiary/aromatic N) is 1. The molecule has 23 heavy (non-hydrogen) atoms. The van der Waals surface area contributed by atoms with E-state index in [0.717, 1.165) is 38.5 Å². The zero-order chi connectivity index (χ0) is 17.3. The van der Waals surface area contributed by atoms with Gasteiger partial charge in [0.15, 0.2) is 0 Å². The molecule has 132 valence electrons. The summed E-state index contributed by atoms with van der Waals surface area (Å²) >= 11 is 0.275. The molecule has 1 unspecified atom stereocenters. The SMILES string of the molecule is CCCCC1(CCCC)CCN(C(=O)O)C1(C#[C][SnH3])CCCC. The molecule has 1 fully saturated rings. The molecule has 0 aromatic carbocycles. The molecule has 0 bridgehead atoms. The number of hydrogen-bond donors (Lipinski definition) is 1. The van der Waals surface area contributed by atoms with Crippen LogP contribution in [-0.2, 0) is 0 Å². The van der Waals surface area contributed by atoms with Gasteiger partial charge in [0, 0.05) is 0 Å². The van der Waals surface area contributed by atoms with E-state index < -0.39 is 11.6 Å². The predicted octanol–water partition coefficient (Wildman–Crippen LogP) is 3.99. The second-order valence-electron chi connectivity index (χ2n) is 7.01. The van der Waals surface area contributed by atoms with Gasteiger partial charge >= 0.3 is 156 Å². The van der Waals surface area contributed by atoms with Crippen molar-refractivity contribution in [3.63, 3.8) is 0 Å². The molecule has 1 amide bonds. The Hall–Kier alpha value is -0.371. The number of carboxylic acid groups (broad SMARTS) is 1. The summed E-state index contributed by atoms with van der Waals surface area (Å²) in [6.07, 6.45) is 10.3. The molecule has 0 aromatic rings. The number of carbonyl (C=O) groups is 1. The normalized spacial score (nSPS) is 22.8. The summed E-state index contributed by atoms with van der Waals surface area (Å²) in [5.41, 5.74) is -0.355. The Kier molecular flexibility index (Phi) is 8.82. The van der Waals surface area contributed by atoms with Crippen molar-refractivity contribution in [1.29, 1.82) is 0 Å². The second-order valence-corrected chi connectivity index (χ2v) is 8.44. The van der Waals surface area contributed by atoms with Crippen LogP contribution in [0.25, 0.3) is 0 Å². The summed E-state index contributed by atoms with van der Waals surface area (Å²) in [7, 11) is 0. The van der Waals surface area contributed by atoms with Crippen LogP contribution in [0.1, 0.15) is 85.0 Å². The summed E-state index contributed by atoms with van der Waals surface area (Å²) < 4.78 is 3.31. The maximum absolute atomic E-state index is 12.0. The van der Waals surface area contributed by atoms with Gasteiger partial charge in [0.05, 0.1) is 0 Å². The third-order valence-electron chi connectivity index (χ3n) is 5.62. The summed E-state index contributed by atoms with van der Waals surface area (Å²) in [6.45, 7) is 7.31. The van der Waals surface area contributed by atoms with E-state index in [1.807, 2.05) is 0 Å². The first-order valence-corrected chi connectivity index (χ1v) is 12.3. The van der Waals surface area contributed by atoms with E-state index in [1.165, 1.54) is 25.7 Å². The molecule has 4 heteroatoms. The monoisotopic (exact) mass is 429 g/mol. The van der Waals surface area contributed by atoms with Gasteiger partial charge in [0.25, 0.3) is 0 Å². The Labute approximate surface area is 155 Å². The molecule has 1 saturated heterocycles. The molecule has 1 aliphatic rings. The molecule has 1 atom stereocenters. The van der Waals surface area contributed by atoms with Crippen LogP contribution < -0.4 is 0 Å². The molecular weight excluding hydrogens is 393 g/mol. The molecule has 0 spiro atoms. The van der Waals surface area contributed by atoms with Gasteiger partial charge in [-0.25, -0.2) is 0 Å². The number of likely N-dealkylation sites (tertiary alicyclic amines) is 1. The molecular formula is C19H35NO2Sn. The number of rotatable bonds is 9. The number of hydrogen-bond acceptors (Lipinski definition) is 1. The van der Waals surface area contributed by atoms with Gasteiger partial charge in [-0.15, -0.1) is 0 Å². The van der Waals surface area contributed by atoms with Crippen LogP contribution >= 0.6 is 0 Å². The van der Waals surface area contributed by atoms with Gasteiger partial charge in [-0.1, -0.05) is 0 Å². The van der Waals surface area contributed by atoms with Gasteiger partial charge in [-0.2, -0.15) is 0 Å². The first-order valence-electron chi connectivity index (χ1n) is 9.48. The molecule has 1 heterocycles. The Balaban J connectivity index is 3.34. The molecule has 0 aliphatic carbocycles. The number of amides is 1. The Bertz CT molecular complexity index is 432. The average molecular weight is 428 g/mol. The van der Waals surface area contributed by atoms with Crippen LogP contribution in [-0.4, -0.2) is 50.7 Å². The van der Waals surface area contributed by atoms with E-state index in [1.54, 1.807) is 4.90 Å². The van der Waals surface area contributed by atoms with E-state index in [0.29, 0.717) is 6.54 Å². The fraction of sp³-hybridized carbons (Fsp3) is 0.842. The van der Waals surface area contributed by atoms with Crippen molar-refractivity contribution in [3.05, 3.63) is 0 Å². The Morgan fingerprint density at radius 3 is 2.04 bits per heavy atom. The average Bonchev–Trinajstić information content (AvgIpc) is 2.84. The van der Waals surface area contributed by atoms with Crippen molar-refractivity contribution >= 4 is 28.6 Å². The van der Waals surface area contributed by atoms with Crippen molar-refractivity contribution in [1.82, 2.24) is 4.90 Å². The van der Waals surface area contributed by atoms with Crippen LogP contribution in [0, 0.1) is 15.3 Å². The second kappa shape index (κ2) is 9.81. The zero-order valence-corrected chi connectivity index (χ0v) is 21.3. The van der Waals surface area contributed by atoms with Crippen LogP contribution in [0.5, 0.6) is 0 Å². The Morgan fingerprint density at radius 2 is 1.61 bits per heavy atom. The van der Waals surface area contributed by atoms with Gasteiger partial charge in [0.1, 0.15) is 0 Å². The van der Waals surface area contributed by atoms with Crippen LogP contribution in [0.4, 0.5) is 4.79 Å². The quantitative estimate of drug-likeness (QED) is 0.446. The fourth-order valence-electron chi connectivity index (χ4n) is 4.39. The van der Waals surface area contributed by atoms with Gasteiger partial charge in [0.2, 0.25) is 0 Å². The van der Waals surface area contributed by atoms with E-state index >= 15 is 0 Å². The van der Waals surface area contributed by atoms with Gasteiger partial charge in [-0.3, -0.25) is 0 Å². The van der Waals surface area contributed by atoms with Crippen molar-refractivity contribution in [2.75, 3.05) is 6.54 Å².